The molecule has 4 saturated heterocycles. The molecule has 2 unspecified atom stereocenters. The first-order chi connectivity index (χ1) is 46.7. The summed E-state index contributed by atoms with van der Waals surface area (Å²) in [6.07, 6.45) is 1.27. The van der Waals surface area contributed by atoms with Gasteiger partial charge in [0, 0.05) is 38.4 Å². The van der Waals surface area contributed by atoms with Crippen LogP contribution in [0.1, 0.15) is 110 Å². The summed E-state index contributed by atoms with van der Waals surface area (Å²) in [5, 5.41) is 11.7. The lowest BCUT2D eigenvalue weighted by Crippen LogP contribution is -2.50. The number of nitrogens with zero attached hydrogens (tertiary/aromatic N) is 2. The summed E-state index contributed by atoms with van der Waals surface area (Å²) in [4.78, 5) is 0. The number of aromatic nitrogens is 2. The quantitative estimate of drug-likeness (QED) is 0.0936. The van der Waals surface area contributed by atoms with Crippen LogP contribution in [0.3, 0.4) is 0 Å². The number of fused-ring (bicyclic) bond motifs is 12. The van der Waals surface area contributed by atoms with Crippen molar-refractivity contribution in [3.05, 3.63) is 218 Å². The monoisotopic (exact) mass is 1290 g/mol. The Bertz CT molecular complexity index is 5290. The molecule has 0 saturated carbocycles. The normalized spacial score (nSPS) is 21.6. The first kappa shape index (κ1) is 63.2. The zero-order valence-electron chi connectivity index (χ0n) is 58.7. The molecule has 13 aromatic rings. The highest BCUT2D eigenvalue weighted by Gasteiger charge is 2.59. The third-order valence-electron chi connectivity index (χ3n) is 23.8. The highest BCUT2D eigenvalue weighted by atomic mass is 16.7. The molecule has 0 spiro atoms. The van der Waals surface area contributed by atoms with Gasteiger partial charge in [-0.3, -0.25) is 0 Å². The third kappa shape index (κ3) is 9.78. The van der Waals surface area contributed by atoms with Crippen molar-refractivity contribution in [3.8, 4) is 33.6 Å². The summed E-state index contributed by atoms with van der Waals surface area (Å²) in [6, 6.07) is 79.3. The van der Waals surface area contributed by atoms with E-state index >= 15 is 0 Å². The largest absolute Gasteiger partial charge is 0.494 e. The molecule has 0 radical (unpaired) electrons. The fourth-order valence-electron chi connectivity index (χ4n) is 15.8. The Kier molecular flexibility index (Phi) is 14.3. The molecule has 17 rings (SSSR count). The highest BCUT2D eigenvalue weighted by molar-refractivity contribution is 6.64. The van der Waals surface area contributed by atoms with Gasteiger partial charge in [-0.05, 0) is 211 Å². The van der Waals surface area contributed by atoms with E-state index in [2.05, 4.69) is 324 Å². The van der Waals surface area contributed by atoms with E-state index in [1.54, 1.807) is 0 Å². The fourth-order valence-corrected chi connectivity index (χ4v) is 15.8. The van der Waals surface area contributed by atoms with Crippen molar-refractivity contribution in [2.45, 2.75) is 155 Å². The fraction of sp³-hybridized carbons (Fsp3) is 0.286. The van der Waals surface area contributed by atoms with Gasteiger partial charge in [-0.1, -0.05) is 182 Å². The van der Waals surface area contributed by atoms with Crippen molar-refractivity contribution in [2.24, 2.45) is 0 Å². The second-order valence-electron chi connectivity index (χ2n) is 31.3. The average Bonchev–Trinajstić information content (AvgIpc) is 1.50. The lowest BCUT2D eigenvalue weighted by Gasteiger charge is -2.42. The van der Waals surface area contributed by atoms with Gasteiger partial charge in [-0.15, -0.1) is 0 Å². The summed E-state index contributed by atoms with van der Waals surface area (Å²) < 4.78 is 60.7. The maximum Gasteiger partial charge on any atom is 0.494 e. The van der Waals surface area contributed by atoms with Crippen LogP contribution in [0.25, 0.3) is 110 Å². The Morgan fingerprint density at radius 1 is 0.255 bits per heavy atom. The molecule has 2 aromatic heterocycles. The Morgan fingerprint density at radius 2 is 0.561 bits per heavy atom. The third-order valence-corrected chi connectivity index (χ3v) is 23.8. The summed E-state index contributed by atoms with van der Waals surface area (Å²) in [5.41, 5.74) is 9.90. The van der Waals surface area contributed by atoms with E-state index in [0.717, 1.165) is 99.1 Å². The number of hydrogen-bond acceptors (Lipinski definition) is 8. The second kappa shape index (κ2) is 22.1. The van der Waals surface area contributed by atoms with Crippen molar-refractivity contribution >= 4 is 126 Å². The van der Waals surface area contributed by atoms with Crippen LogP contribution in [-0.2, 0) is 37.2 Å². The maximum atomic E-state index is 7.37. The molecular formula is C84H82B4N2O8. The standard InChI is InChI=1S/C84H82B4N2O8/c1-77(2)78(3,4)92-85(91-77)55-36-42-72-68(48-55)69-50-57(37-43-73(69)89(72)59-40-41-66-64-32-22-21-30-62(64)63-31-23-24-33-65(63)67(66)52-59)87-95-81(9,10)83(13,97-87)46-47-84(14)82(11,12)96-88(98-84)58-39-45-75-71(51-58)70-49-56(86-93-79(5,6)80(7,8)94-86)38-44-74(70)90(75)76-60(53-26-17-15-18-27-53)34-25-35-61(76)54-28-19-16-20-29-54/h15-45,48-52H,46-47H2,1-14H3. The Labute approximate surface area is 576 Å². The number of benzene rings is 11. The van der Waals surface area contributed by atoms with Crippen molar-refractivity contribution in [2.75, 3.05) is 0 Å². The number of para-hydroxylation sites is 1. The number of hydrogen-bond donors (Lipinski definition) is 0. The molecule has 0 bridgehead atoms. The van der Waals surface area contributed by atoms with Gasteiger partial charge >= 0.3 is 28.5 Å². The zero-order chi connectivity index (χ0) is 67.8. The summed E-state index contributed by atoms with van der Waals surface area (Å²) in [5.74, 6) is 0. The molecule has 98 heavy (non-hydrogen) atoms. The Hall–Kier alpha value is -8.26. The predicted octanol–water partition coefficient (Wildman–Crippen LogP) is 17.3. The molecular weight excluding hydrogens is 1210 g/mol. The van der Waals surface area contributed by atoms with Crippen LogP contribution in [0.2, 0.25) is 0 Å². The van der Waals surface area contributed by atoms with Gasteiger partial charge in [-0.25, -0.2) is 0 Å². The van der Waals surface area contributed by atoms with Gasteiger partial charge < -0.3 is 46.4 Å². The van der Waals surface area contributed by atoms with Gasteiger partial charge in [0.2, 0.25) is 0 Å². The molecule has 4 aliphatic heterocycles. The maximum absolute atomic E-state index is 7.37. The van der Waals surface area contributed by atoms with Gasteiger partial charge in [0.25, 0.3) is 0 Å². The second-order valence-corrected chi connectivity index (χ2v) is 31.3. The van der Waals surface area contributed by atoms with E-state index in [9.17, 15) is 0 Å². The molecule has 2 atom stereocenters. The van der Waals surface area contributed by atoms with Crippen LogP contribution >= 0.6 is 0 Å². The van der Waals surface area contributed by atoms with Crippen LogP contribution in [0, 0.1) is 0 Å². The molecule has 14 heteroatoms. The first-order valence-corrected chi connectivity index (χ1v) is 34.9. The predicted molar refractivity (Wildman–Crippen MR) is 406 cm³/mol. The minimum Gasteiger partial charge on any atom is -0.399 e. The molecule has 4 fully saturated rings. The average molecular weight is 1290 g/mol. The minimum absolute atomic E-state index is 0.498. The van der Waals surface area contributed by atoms with E-state index in [1.807, 2.05) is 0 Å². The highest BCUT2D eigenvalue weighted by Crippen LogP contribution is 2.49. The first-order valence-electron chi connectivity index (χ1n) is 34.9. The Morgan fingerprint density at radius 3 is 0.929 bits per heavy atom. The van der Waals surface area contributed by atoms with E-state index < -0.39 is 73.3 Å². The SMILES string of the molecule is CC1(C)OB(c2ccc3c(c2)c2cc(B4OC(C)(C)C(C)(CCC5(C)OB(c6ccc7c(c6)c6cc(B8OC(C)(C)C(C)(C)O8)ccc6n7-c6c(-c7ccccc7)cccc6-c6ccccc6)OC5(C)C)O4)ccc2n3-c2ccc3c4ccccc4c4ccccc4c3c2)OC1(C)C. The van der Waals surface area contributed by atoms with Gasteiger partial charge in [0.1, 0.15) is 0 Å². The van der Waals surface area contributed by atoms with Crippen LogP contribution in [0.4, 0.5) is 0 Å². The van der Waals surface area contributed by atoms with Gasteiger partial charge in [-0.2, -0.15) is 0 Å². The van der Waals surface area contributed by atoms with Crippen LogP contribution in [0.15, 0.2) is 218 Å². The van der Waals surface area contributed by atoms with Crippen molar-refractivity contribution in [3.63, 3.8) is 0 Å². The molecule has 0 amide bonds. The summed E-state index contributed by atoms with van der Waals surface area (Å²) in [7, 11) is -2.40. The lowest BCUT2D eigenvalue weighted by molar-refractivity contribution is -0.0576. The molecule has 11 aromatic carbocycles. The molecule has 6 heterocycles. The van der Waals surface area contributed by atoms with E-state index in [0.29, 0.717) is 12.8 Å². The molecule has 4 aliphatic rings. The lowest BCUT2D eigenvalue weighted by atomic mass is 9.76. The van der Waals surface area contributed by atoms with Crippen LogP contribution in [0.5, 0.6) is 0 Å². The van der Waals surface area contributed by atoms with Gasteiger partial charge in [0.15, 0.2) is 0 Å². The Balaban J connectivity index is 0.709. The van der Waals surface area contributed by atoms with Crippen molar-refractivity contribution < 1.29 is 37.2 Å². The zero-order valence-corrected chi connectivity index (χ0v) is 58.7. The van der Waals surface area contributed by atoms with E-state index in [1.165, 1.54) is 32.3 Å². The summed E-state index contributed by atoms with van der Waals surface area (Å²) in [6.45, 7) is 29.9. The molecule has 488 valence electrons. The van der Waals surface area contributed by atoms with E-state index in [-0.39, 0.29) is 0 Å². The molecule has 0 N–H and O–H groups in total. The van der Waals surface area contributed by atoms with Crippen molar-refractivity contribution in [1.29, 1.82) is 0 Å². The van der Waals surface area contributed by atoms with Crippen LogP contribution in [-0.4, -0.2) is 82.4 Å². The molecule has 0 aliphatic carbocycles. The molecule has 10 nitrogen and oxygen atoms in total. The van der Waals surface area contributed by atoms with Crippen LogP contribution < -0.4 is 21.9 Å². The topological polar surface area (TPSA) is 83.7 Å². The van der Waals surface area contributed by atoms with Crippen molar-refractivity contribution in [1.82, 2.24) is 9.13 Å². The number of rotatable bonds is 11. The van der Waals surface area contributed by atoms with E-state index in [4.69, 9.17) is 37.2 Å². The minimum atomic E-state index is -0.734. The summed E-state index contributed by atoms with van der Waals surface area (Å²) >= 11 is 0. The smallest absolute Gasteiger partial charge is 0.399 e. The van der Waals surface area contributed by atoms with Gasteiger partial charge in [0.05, 0.1) is 72.6 Å².